The van der Waals surface area contributed by atoms with Gasteiger partial charge in [0.15, 0.2) is 0 Å². The summed E-state index contributed by atoms with van der Waals surface area (Å²) in [5.41, 5.74) is -0.542. The van der Waals surface area contributed by atoms with E-state index in [0.29, 0.717) is 11.2 Å². The molecule has 1 aromatic heterocycles. The van der Waals surface area contributed by atoms with Gasteiger partial charge < -0.3 is 25.7 Å². The Morgan fingerprint density at radius 3 is 2.68 bits per heavy atom. The topological polar surface area (TPSA) is 113 Å². The number of thioether (sulfide) groups is 1. The minimum atomic E-state index is -0.521. The standard InChI is InChI=1S/C16H23N3O5S/c1-15-9-25-10(16(15,2)18-14(23)17-15)5-3-4-6-13(22)24-19-11(20)7-8-12(19)21/h7-8,10,20-21H,3-6,9H2,1-2H3,(H2,17,18,23)/t10?,15-,16+/m0/s1. The molecule has 2 fully saturated rings. The summed E-state index contributed by atoms with van der Waals surface area (Å²) in [7, 11) is 0. The lowest BCUT2D eigenvalue weighted by atomic mass is 9.79. The molecular weight excluding hydrogens is 346 g/mol. The Balaban J connectivity index is 1.45. The third kappa shape index (κ3) is 3.12. The Kier molecular flexibility index (Phi) is 4.52. The predicted octanol–water partition coefficient (Wildman–Crippen LogP) is 1.36. The van der Waals surface area contributed by atoms with Crippen LogP contribution in [0.25, 0.3) is 0 Å². The minimum Gasteiger partial charge on any atom is -0.492 e. The summed E-state index contributed by atoms with van der Waals surface area (Å²) in [6.07, 6.45) is 2.52. The first-order chi connectivity index (χ1) is 11.7. The van der Waals surface area contributed by atoms with Gasteiger partial charge in [-0.3, -0.25) is 0 Å². The summed E-state index contributed by atoms with van der Waals surface area (Å²) in [6.45, 7) is 4.13. The average Bonchev–Trinajstić information content (AvgIpc) is 3.05. The molecule has 3 rings (SSSR count). The van der Waals surface area contributed by atoms with E-state index in [1.54, 1.807) is 0 Å². The molecule has 25 heavy (non-hydrogen) atoms. The van der Waals surface area contributed by atoms with Gasteiger partial charge in [-0.25, -0.2) is 9.59 Å². The van der Waals surface area contributed by atoms with Crippen molar-refractivity contribution in [2.24, 2.45) is 0 Å². The molecule has 0 aromatic carbocycles. The van der Waals surface area contributed by atoms with Gasteiger partial charge in [0.05, 0.1) is 11.1 Å². The second-order valence-corrected chi connectivity index (χ2v) is 8.16. The molecule has 0 bridgehead atoms. The Morgan fingerprint density at radius 1 is 1.32 bits per heavy atom. The van der Waals surface area contributed by atoms with Crippen LogP contribution in [-0.4, -0.2) is 49.0 Å². The Bertz CT molecular complexity index is 674. The fourth-order valence-electron chi connectivity index (χ4n) is 3.46. The Hall–Kier alpha value is -2.03. The predicted molar refractivity (Wildman–Crippen MR) is 92.5 cm³/mol. The first kappa shape index (κ1) is 17.8. The third-order valence-corrected chi connectivity index (χ3v) is 7.07. The number of aromatic hydroxyl groups is 2. The maximum Gasteiger partial charge on any atom is 0.333 e. The van der Waals surface area contributed by atoms with Crippen LogP contribution in [0.5, 0.6) is 11.8 Å². The van der Waals surface area contributed by atoms with Crippen LogP contribution in [0.3, 0.4) is 0 Å². The molecule has 3 atom stereocenters. The molecule has 1 aromatic rings. The largest absolute Gasteiger partial charge is 0.492 e. The minimum absolute atomic E-state index is 0.120. The molecule has 0 saturated carbocycles. The van der Waals surface area contributed by atoms with Crippen molar-refractivity contribution < 1.29 is 24.6 Å². The summed E-state index contributed by atoms with van der Waals surface area (Å²) in [5, 5.41) is 25.2. The molecule has 3 heterocycles. The third-order valence-electron chi connectivity index (χ3n) is 5.21. The van der Waals surface area contributed by atoms with Gasteiger partial charge in [0.2, 0.25) is 11.8 Å². The molecule has 138 valence electrons. The van der Waals surface area contributed by atoms with Crippen LogP contribution in [0.1, 0.15) is 39.5 Å². The van der Waals surface area contributed by atoms with Gasteiger partial charge in [-0.1, -0.05) is 6.42 Å². The first-order valence-electron chi connectivity index (χ1n) is 8.28. The zero-order valence-corrected chi connectivity index (χ0v) is 15.1. The number of nitrogens with zero attached hydrogens (tertiary/aromatic N) is 1. The molecule has 8 nitrogen and oxygen atoms in total. The number of aromatic nitrogens is 1. The van der Waals surface area contributed by atoms with E-state index in [1.807, 2.05) is 11.8 Å². The summed E-state index contributed by atoms with van der Waals surface area (Å²) in [6, 6.07) is 2.36. The fourth-order valence-corrected chi connectivity index (χ4v) is 5.35. The van der Waals surface area contributed by atoms with Gasteiger partial charge in [-0.15, -0.1) is 4.73 Å². The molecule has 2 amide bonds. The summed E-state index contributed by atoms with van der Waals surface area (Å²) in [5.74, 6) is -0.316. The second-order valence-electron chi connectivity index (χ2n) is 6.97. The highest BCUT2D eigenvalue weighted by Gasteiger charge is 2.60. The molecule has 2 aliphatic rings. The second kappa shape index (κ2) is 6.36. The van der Waals surface area contributed by atoms with Crippen LogP contribution < -0.4 is 15.5 Å². The molecule has 0 aliphatic carbocycles. The van der Waals surface area contributed by atoms with Crippen LogP contribution >= 0.6 is 11.8 Å². The molecule has 1 unspecified atom stereocenters. The van der Waals surface area contributed by atoms with Gasteiger partial charge in [0.25, 0.3) is 0 Å². The molecule has 2 saturated heterocycles. The van der Waals surface area contributed by atoms with E-state index >= 15 is 0 Å². The molecule has 0 radical (unpaired) electrons. The van der Waals surface area contributed by atoms with Crippen LogP contribution in [0.4, 0.5) is 4.79 Å². The lowest BCUT2D eigenvalue weighted by molar-refractivity contribution is -0.145. The van der Waals surface area contributed by atoms with Gasteiger partial charge >= 0.3 is 12.0 Å². The van der Waals surface area contributed by atoms with Crippen molar-refractivity contribution in [3.8, 4) is 11.8 Å². The zero-order valence-electron chi connectivity index (χ0n) is 14.2. The average molecular weight is 369 g/mol. The van der Waals surface area contributed by atoms with Gasteiger partial charge in [0, 0.05) is 29.6 Å². The van der Waals surface area contributed by atoms with Crippen LogP contribution in [-0.2, 0) is 4.79 Å². The van der Waals surface area contributed by atoms with E-state index in [4.69, 9.17) is 4.84 Å². The lowest BCUT2D eigenvalue weighted by Gasteiger charge is -2.35. The number of rotatable bonds is 6. The zero-order chi connectivity index (χ0) is 18.2. The Morgan fingerprint density at radius 2 is 2.00 bits per heavy atom. The summed E-state index contributed by atoms with van der Waals surface area (Å²) in [4.78, 5) is 28.4. The van der Waals surface area contributed by atoms with Crippen molar-refractivity contribution in [1.29, 1.82) is 0 Å². The number of carbonyl (C=O) groups is 2. The highest BCUT2D eigenvalue weighted by Crippen LogP contribution is 2.47. The van der Waals surface area contributed by atoms with Crippen molar-refractivity contribution in [1.82, 2.24) is 15.4 Å². The summed E-state index contributed by atoms with van der Waals surface area (Å²) < 4.78 is 0.696. The van der Waals surface area contributed by atoms with Crippen molar-refractivity contribution in [3.05, 3.63) is 12.1 Å². The molecule has 4 N–H and O–H groups in total. The molecule has 2 aliphatic heterocycles. The van der Waals surface area contributed by atoms with Gasteiger partial charge in [-0.2, -0.15) is 11.8 Å². The number of hydrogen-bond donors (Lipinski definition) is 4. The SMILES string of the molecule is C[C@]12CSC(CCCCC(=O)On3c(O)ccc3O)[C@@]1(C)NC(=O)N2. The lowest BCUT2D eigenvalue weighted by Crippen LogP contribution is -2.58. The number of nitrogens with one attached hydrogen (secondary N) is 2. The number of unbranched alkanes of at least 4 members (excludes halogenated alkanes) is 1. The summed E-state index contributed by atoms with van der Waals surface area (Å²) >= 11 is 1.84. The van der Waals surface area contributed by atoms with E-state index in [0.717, 1.165) is 18.6 Å². The van der Waals surface area contributed by atoms with E-state index < -0.39 is 5.97 Å². The molecule has 0 spiro atoms. The van der Waals surface area contributed by atoms with Crippen molar-refractivity contribution in [2.45, 2.75) is 55.9 Å². The number of amides is 2. The smallest absolute Gasteiger partial charge is 0.333 e. The monoisotopic (exact) mass is 369 g/mol. The first-order valence-corrected chi connectivity index (χ1v) is 9.33. The Labute approximate surface area is 149 Å². The van der Waals surface area contributed by atoms with E-state index in [2.05, 4.69) is 24.5 Å². The maximum absolute atomic E-state index is 11.8. The van der Waals surface area contributed by atoms with Crippen LogP contribution in [0.2, 0.25) is 0 Å². The molecule has 9 heteroatoms. The fraction of sp³-hybridized carbons (Fsp3) is 0.625. The number of urea groups is 1. The quantitative estimate of drug-likeness (QED) is 0.445. The maximum atomic E-state index is 11.8. The number of hydrogen-bond acceptors (Lipinski definition) is 6. The van der Waals surface area contributed by atoms with Crippen molar-refractivity contribution in [2.75, 3.05) is 5.75 Å². The van der Waals surface area contributed by atoms with Crippen LogP contribution in [0.15, 0.2) is 12.1 Å². The van der Waals surface area contributed by atoms with Gasteiger partial charge in [-0.05, 0) is 26.7 Å². The number of carbonyl (C=O) groups excluding carboxylic acids is 2. The van der Waals surface area contributed by atoms with Gasteiger partial charge in [0.1, 0.15) is 0 Å². The highest BCUT2D eigenvalue weighted by atomic mass is 32.2. The van der Waals surface area contributed by atoms with Crippen molar-refractivity contribution >= 4 is 23.8 Å². The van der Waals surface area contributed by atoms with E-state index in [1.165, 1.54) is 12.1 Å². The number of fused-ring (bicyclic) bond motifs is 1. The molecular formula is C16H23N3O5S. The van der Waals surface area contributed by atoms with E-state index in [9.17, 15) is 19.8 Å². The van der Waals surface area contributed by atoms with Crippen LogP contribution in [0, 0.1) is 0 Å². The normalized spacial score (nSPS) is 30.6. The van der Waals surface area contributed by atoms with Crippen molar-refractivity contribution in [3.63, 3.8) is 0 Å². The van der Waals surface area contributed by atoms with E-state index in [-0.39, 0.29) is 40.5 Å². The highest BCUT2D eigenvalue weighted by molar-refractivity contribution is 8.00.